The van der Waals surface area contributed by atoms with Gasteiger partial charge in [0.25, 0.3) is 10.0 Å². The van der Waals surface area contributed by atoms with Crippen molar-refractivity contribution in [2.24, 2.45) is 0 Å². The summed E-state index contributed by atoms with van der Waals surface area (Å²) in [5, 5.41) is 8.89. The van der Waals surface area contributed by atoms with E-state index in [0.717, 1.165) is 6.07 Å². The second-order valence-corrected chi connectivity index (χ2v) is 7.34. The van der Waals surface area contributed by atoms with Gasteiger partial charge in [-0.2, -0.15) is 0 Å². The van der Waals surface area contributed by atoms with E-state index < -0.39 is 16.0 Å². The molecule has 0 unspecified atom stereocenters. The first kappa shape index (κ1) is 15.9. The SMILES string of the molecule is O=C(O)c1ccnc(NS(=O)(=O)c2cc(Br)ccc2Br)c1. The highest BCUT2D eigenvalue weighted by Crippen LogP contribution is 2.27. The van der Waals surface area contributed by atoms with Crippen LogP contribution in [0.15, 0.2) is 50.4 Å². The number of aromatic nitrogens is 1. The molecule has 0 spiro atoms. The van der Waals surface area contributed by atoms with Gasteiger partial charge >= 0.3 is 5.97 Å². The summed E-state index contributed by atoms with van der Waals surface area (Å²) in [6, 6.07) is 7.11. The monoisotopic (exact) mass is 434 g/mol. The van der Waals surface area contributed by atoms with Gasteiger partial charge in [0.2, 0.25) is 0 Å². The van der Waals surface area contributed by atoms with E-state index in [4.69, 9.17) is 5.11 Å². The highest BCUT2D eigenvalue weighted by molar-refractivity contribution is 9.11. The number of nitrogens with zero attached hydrogens (tertiary/aromatic N) is 1. The molecule has 0 aliphatic rings. The van der Waals surface area contributed by atoms with Crippen LogP contribution < -0.4 is 4.72 Å². The average Bonchev–Trinajstić information content (AvgIpc) is 2.41. The Balaban J connectivity index is 2.40. The van der Waals surface area contributed by atoms with Crippen LogP contribution in [0.25, 0.3) is 0 Å². The van der Waals surface area contributed by atoms with Gasteiger partial charge in [-0.3, -0.25) is 4.72 Å². The van der Waals surface area contributed by atoms with Crippen molar-refractivity contribution in [3.05, 3.63) is 51.0 Å². The molecule has 1 aromatic heterocycles. The van der Waals surface area contributed by atoms with Crippen molar-refractivity contribution in [1.82, 2.24) is 4.98 Å². The van der Waals surface area contributed by atoms with E-state index in [1.807, 2.05) is 0 Å². The molecule has 0 saturated heterocycles. The fourth-order valence-electron chi connectivity index (χ4n) is 1.50. The Hall–Kier alpha value is -1.45. The maximum absolute atomic E-state index is 12.3. The minimum absolute atomic E-state index is 0.0133. The van der Waals surface area contributed by atoms with Gasteiger partial charge in [-0.15, -0.1) is 0 Å². The Kier molecular flexibility index (Phi) is 4.64. The Bertz CT molecular complexity index is 809. The first-order chi connectivity index (χ1) is 9.79. The van der Waals surface area contributed by atoms with Crippen LogP contribution in [0.2, 0.25) is 0 Å². The summed E-state index contributed by atoms with van der Waals surface area (Å²) in [7, 11) is -3.89. The number of carbonyl (C=O) groups is 1. The quantitative estimate of drug-likeness (QED) is 0.768. The second kappa shape index (κ2) is 6.12. The number of hydrogen-bond donors (Lipinski definition) is 2. The molecule has 2 N–H and O–H groups in total. The number of halogens is 2. The lowest BCUT2D eigenvalue weighted by Gasteiger charge is -2.09. The number of carboxylic acid groups (broad SMARTS) is 1. The van der Waals surface area contributed by atoms with Gasteiger partial charge in [-0.25, -0.2) is 18.2 Å². The molecule has 2 aromatic rings. The van der Waals surface area contributed by atoms with Gasteiger partial charge in [-0.05, 0) is 46.3 Å². The van der Waals surface area contributed by atoms with Gasteiger partial charge in [0.15, 0.2) is 0 Å². The molecule has 0 aliphatic heterocycles. The molecular formula is C12H8Br2N2O4S. The molecule has 21 heavy (non-hydrogen) atoms. The zero-order chi connectivity index (χ0) is 15.6. The van der Waals surface area contributed by atoms with Gasteiger partial charge in [0.05, 0.1) is 5.56 Å². The molecule has 9 heteroatoms. The minimum Gasteiger partial charge on any atom is -0.478 e. The van der Waals surface area contributed by atoms with Crippen molar-refractivity contribution in [2.75, 3.05) is 4.72 Å². The molecular weight excluding hydrogens is 428 g/mol. The van der Waals surface area contributed by atoms with Crippen LogP contribution in [0, 0.1) is 0 Å². The number of nitrogens with one attached hydrogen (secondary N) is 1. The first-order valence-corrected chi connectivity index (χ1v) is 8.54. The van der Waals surface area contributed by atoms with Crippen LogP contribution in [0.5, 0.6) is 0 Å². The molecule has 0 atom stereocenters. The van der Waals surface area contributed by atoms with Gasteiger partial charge in [-0.1, -0.05) is 15.9 Å². The van der Waals surface area contributed by atoms with E-state index in [1.165, 1.54) is 18.3 Å². The van der Waals surface area contributed by atoms with Gasteiger partial charge < -0.3 is 5.11 Å². The molecule has 6 nitrogen and oxygen atoms in total. The third-order valence-electron chi connectivity index (χ3n) is 2.43. The Morgan fingerprint density at radius 3 is 2.57 bits per heavy atom. The van der Waals surface area contributed by atoms with E-state index in [0.29, 0.717) is 8.95 Å². The van der Waals surface area contributed by atoms with Gasteiger partial charge in [0.1, 0.15) is 10.7 Å². The van der Waals surface area contributed by atoms with Crippen LogP contribution in [-0.2, 0) is 10.0 Å². The molecule has 0 saturated carbocycles. The summed E-state index contributed by atoms with van der Waals surface area (Å²) < 4.78 is 27.8. The molecule has 1 heterocycles. The predicted octanol–water partition coefficient (Wildman–Crippen LogP) is 3.11. The molecule has 1 aromatic carbocycles. The highest BCUT2D eigenvalue weighted by atomic mass is 79.9. The molecule has 110 valence electrons. The van der Waals surface area contributed by atoms with Crippen molar-refractivity contribution in [1.29, 1.82) is 0 Å². The molecule has 0 bridgehead atoms. The number of aromatic carboxylic acids is 1. The van der Waals surface area contributed by atoms with Crippen molar-refractivity contribution in [3.8, 4) is 0 Å². The largest absolute Gasteiger partial charge is 0.478 e. The third-order valence-corrected chi connectivity index (χ3v) is 5.27. The minimum atomic E-state index is -3.89. The smallest absolute Gasteiger partial charge is 0.335 e. The summed E-state index contributed by atoms with van der Waals surface area (Å²) in [5.41, 5.74) is -0.0593. The summed E-state index contributed by atoms with van der Waals surface area (Å²) in [4.78, 5) is 14.7. The van der Waals surface area contributed by atoms with E-state index in [1.54, 1.807) is 12.1 Å². The first-order valence-electron chi connectivity index (χ1n) is 5.47. The normalized spacial score (nSPS) is 11.1. The van der Waals surface area contributed by atoms with Crippen LogP contribution in [0.1, 0.15) is 10.4 Å². The number of carboxylic acids is 1. The fourth-order valence-corrected chi connectivity index (χ4v) is 4.00. The number of anilines is 1. The van der Waals surface area contributed by atoms with E-state index in [2.05, 4.69) is 41.6 Å². The maximum atomic E-state index is 12.3. The van der Waals surface area contributed by atoms with Gasteiger partial charge in [0, 0.05) is 15.1 Å². The summed E-state index contributed by atoms with van der Waals surface area (Å²) in [6.07, 6.45) is 1.22. The van der Waals surface area contributed by atoms with E-state index >= 15 is 0 Å². The predicted molar refractivity (Wildman–Crippen MR) is 83.8 cm³/mol. The van der Waals surface area contributed by atoms with Crippen molar-refractivity contribution < 1.29 is 18.3 Å². The zero-order valence-corrected chi connectivity index (χ0v) is 14.2. The van der Waals surface area contributed by atoms with Crippen molar-refractivity contribution >= 4 is 53.7 Å². The highest BCUT2D eigenvalue weighted by Gasteiger charge is 2.19. The van der Waals surface area contributed by atoms with E-state index in [-0.39, 0.29) is 16.3 Å². The number of pyridine rings is 1. The van der Waals surface area contributed by atoms with Crippen LogP contribution >= 0.6 is 31.9 Å². The summed E-state index contributed by atoms with van der Waals surface area (Å²) in [6.45, 7) is 0. The molecule has 0 fully saturated rings. The lowest BCUT2D eigenvalue weighted by atomic mass is 10.3. The number of sulfonamides is 1. The van der Waals surface area contributed by atoms with Crippen LogP contribution in [-0.4, -0.2) is 24.5 Å². The maximum Gasteiger partial charge on any atom is 0.335 e. The molecule has 2 rings (SSSR count). The average molecular weight is 436 g/mol. The van der Waals surface area contributed by atoms with Crippen LogP contribution in [0.3, 0.4) is 0 Å². The van der Waals surface area contributed by atoms with Crippen LogP contribution in [0.4, 0.5) is 5.82 Å². The number of benzene rings is 1. The Morgan fingerprint density at radius 1 is 1.19 bits per heavy atom. The standard InChI is InChI=1S/C12H8Br2N2O4S/c13-8-1-2-9(14)10(6-8)21(19,20)16-11-5-7(12(17)18)3-4-15-11/h1-6H,(H,15,16)(H,17,18). The molecule has 0 aliphatic carbocycles. The topological polar surface area (TPSA) is 96.4 Å². The Labute approximate surface area is 137 Å². The van der Waals surface area contributed by atoms with Crippen molar-refractivity contribution in [2.45, 2.75) is 4.90 Å². The molecule has 0 radical (unpaired) electrons. The van der Waals surface area contributed by atoms with E-state index in [9.17, 15) is 13.2 Å². The zero-order valence-electron chi connectivity index (χ0n) is 10.2. The lowest BCUT2D eigenvalue weighted by Crippen LogP contribution is -2.15. The second-order valence-electron chi connectivity index (χ2n) is 3.92. The summed E-state index contributed by atoms with van der Waals surface area (Å²) in [5.74, 6) is -1.23. The fraction of sp³-hybridized carbons (Fsp3) is 0. The number of hydrogen-bond acceptors (Lipinski definition) is 4. The molecule has 0 amide bonds. The van der Waals surface area contributed by atoms with Crippen molar-refractivity contribution in [3.63, 3.8) is 0 Å². The number of rotatable bonds is 4. The lowest BCUT2D eigenvalue weighted by molar-refractivity contribution is 0.0697. The third kappa shape index (κ3) is 3.80. The Morgan fingerprint density at radius 2 is 1.90 bits per heavy atom. The summed E-state index contributed by atoms with van der Waals surface area (Å²) >= 11 is 6.36.